The molecule has 2 aliphatic heterocycles. The summed E-state index contributed by atoms with van der Waals surface area (Å²) in [6.45, 7) is 1.38. The van der Waals surface area contributed by atoms with E-state index in [1.807, 2.05) is 0 Å². The number of nitrogens with one attached hydrogen (secondary N) is 1. The van der Waals surface area contributed by atoms with Crippen molar-refractivity contribution in [3.05, 3.63) is 33.5 Å². The first kappa shape index (κ1) is 31.2. The van der Waals surface area contributed by atoms with Crippen LogP contribution in [0.3, 0.4) is 0 Å². The van der Waals surface area contributed by atoms with Crippen molar-refractivity contribution >= 4 is 42.8 Å². The van der Waals surface area contributed by atoms with E-state index < -0.39 is 74.5 Å². The second-order valence-corrected chi connectivity index (χ2v) is 11.2. The number of imidazole rings is 1. The van der Waals surface area contributed by atoms with E-state index in [0.717, 1.165) is 17.8 Å². The molecule has 2 aliphatic rings. The average molecular weight is 641 g/mol. The maximum Gasteiger partial charge on any atom is 0.472 e. The molecule has 0 radical (unpaired) electrons. The molecule has 5 heterocycles. The highest BCUT2D eigenvalue weighted by atomic mass is 31.2. The van der Waals surface area contributed by atoms with Gasteiger partial charge in [-0.2, -0.15) is 9.97 Å². The number of aromatic amines is 1. The Morgan fingerprint density at radius 1 is 1.02 bits per heavy atom. The number of fused-ring (bicyclic) bond motifs is 1. The van der Waals surface area contributed by atoms with Gasteiger partial charge in [-0.25, -0.2) is 19.3 Å². The smallest absolute Gasteiger partial charge is 0.463 e. The maximum absolute atomic E-state index is 13.1. The number of hydrogen-bond acceptors (Lipinski definition) is 17. The van der Waals surface area contributed by atoms with E-state index in [-0.39, 0.29) is 42.5 Å². The minimum absolute atomic E-state index is 0.00649. The molecule has 3 aromatic rings. The molecular weight excluding hydrogens is 613 g/mol. The van der Waals surface area contributed by atoms with Crippen molar-refractivity contribution in [2.75, 3.05) is 24.7 Å². The molecule has 0 saturated carbocycles. The third kappa shape index (κ3) is 6.93. The molecule has 0 aliphatic carbocycles. The second-order valence-electron chi connectivity index (χ2n) is 9.77. The number of rotatable bonds is 10. The number of carbonyl (C=O) groups is 2. The normalized spacial score (nSPS) is 26.4. The summed E-state index contributed by atoms with van der Waals surface area (Å²) in [5.74, 6) is -1.72. The SMILES string of the molecule is CC(=O)OC[C@H]1O[C@@H](n2cnc(N)nc2=O)CC1OP(=O)(O)OC[C@H]1O[C@@H](n2cnc3c(=O)[nH]c(N)nc32)CC1OC(C)=O. The first-order valence-corrected chi connectivity index (χ1v) is 14.5. The van der Waals surface area contributed by atoms with Crippen LogP contribution in [-0.4, -0.2) is 88.5 Å². The Balaban J connectivity index is 1.29. The number of phosphoric ester groups is 1. The monoisotopic (exact) mass is 641 g/mol. The lowest BCUT2D eigenvalue weighted by atomic mass is 10.2. The van der Waals surface area contributed by atoms with Gasteiger partial charge in [0.05, 0.1) is 12.9 Å². The first-order chi connectivity index (χ1) is 20.8. The largest absolute Gasteiger partial charge is 0.472 e. The summed E-state index contributed by atoms with van der Waals surface area (Å²) in [7, 11) is -4.88. The van der Waals surface area contributed by atoms with Gasteiger partial charge in [0.1, 0.15) is 49.8 Å². The van der Waals surface area contributed by atoms with Crippen molar-refractivity contribution in [1.29, 1.82) is 0 Å². The molecule has 6 N–H and O–H groups in total. The molecule has 3 aromatic heterocycles. The van der Waals surface area contributed by atoms with Gasteiger partial charge in [0.2, 0.25) is 11.9 Å². The van der Waals surface area contributed by atoms with Crippen LogP contribution in [0.2, 0.25) is 0 Å². The van der Waals surface area contributed by atoms with E-state index in [9.17, 15) is 28.6 Å². The maximum atomic E-state index is 13.1. The van der Waals surface area contributed by atoms with Gasteiger partial charge < -0.3 is 35.3 Å². The number of nitrogens with zero attached hydrogens (tertiary/aromatic N) is 6. The van der Waals surface area contributed by atoms with Crippen LogP contribution in [0.15, 0.2) is 22.2 Å². The van der Waals surface area contributed by atoms with Crippen LogP contribution in [0.5, 0.6) is 0 Å². The highest BCUT2D eigenvalue weighted by Gasteiger charge is 2.45. The average Bonchev–Trinajstić information content (AvgIpc) is 3.63. The summed E-state index contributed by atoms with van der Waals surface area (Å²) in [4.78, 5) is 75.9. The fraction of sp³-hybridized carbons (Fsp3) is 0.545. The van der Waals surface area contributed by atoms with Gasteiger partial charge in [0, 0.05) is 26.7 Å². The zero-order valence-electron chi connectivity index (χ0n) is 23.2. The number of nitrogen functional groups attached to an aromatic ring is 2. The summed E-state index contributed by atoms with van der Waals surface area (Å²) in [6.07, 6.45) is -3.96. The van der Waals surface area contributed by atoms with Crippen molar-refractivity contribution in [2.45, 2.75) is 63.6 Å². The lowest BCUT2D eigenvalue weighted by Crippen LogP contribution is -2.32. The molecule has 0 amide bonds. The van der Waals surface area contributed by atoms with Crippen LogP contribution in [0, 0.1) is 0 Å². The number of phosphoric acid groups is 1. The minimum Gasteiger partial charge on any atom is -0.463 e. The van der Waals surface area contributed by atoms with Crippen LogP contribution in [0.4, 0.5) is 11.9 Å². The fourth-order valence-corrected chi connectivity index (χ4v) is 5.73. The summed E-state index contributed by atoms with van der Waals surface area (Å²) < 4.78 is 48.1. The van der Waals surface area contributed by atoms with Gasteiger partial charge in [-0.1, -0.05) is 0 Å². The number of anilines is 2. The van der Waals surface area contributed by atoms with Gasteiger partial charge in [0.15, 0.2) is 11.2 Å². The van der Waals surface area contributed by atoms with E-state index in [1.165, 1.54) is 17.8 Å². The van der Waals surface area contributed by atoms with E-state index in [0.29, 0.717) is 0 Å². The number of hydrogen-bond donors (Lipinski definition) is 4. The molecule has 3 unspecified atom stereocenters. The van der Waals surface area contributed by atoms with Gasteiger partial charge in [-0.05, 0) is 0 Å². The Hall–Kier alpha value is -4.27. The van der Waals surface area contributed by atoms with E-state index in [2.05, 4.69) is 24.9 Å². The Bertz CT molecular complexity index is 1730. The summed E-state index contributed by atoms with van der Waals surface area (Å²) in [6, 6.07) is 0. The predicted octanol–water partition coefficient (Wildman–Crippen LogP) is -1.49. The Morgan fingerprint density at radius 3 is 2.36 bits per heavy atom. The van der Waals surface area contributed by atoms with Crippen molar-refractivity contribution in [2.24, 2.45) is 0 Å². The van der Waals surface area contributed by atoms with Gasteiger partial charge in [-0.15, -0.1) is 0 Å². The van der Waals surface area contributed by atoms with Crippen molar-refractivity contribution in [3.8, 4) is 0 Å². The Kier molecular flexibility index (Phi) is 8.77. The molecule has 21 nitrogen and oxygen atoms in total. The van der Waals surface area contributed by atoms with Crippen molar-refractivity contribution in [3.63, 3.8) is 0 Å². The van der Waals surface area contributed by atoms with Crippen molar-refractivity contribution < 1.29 is 47.0 Å². The third-order valence-electron chi connectivity index (χ3n) is 6.62. The van der Waals surface area contributed by atoms with Crippen molar-refractivity contribution in [1.82, 2.24) is 34.1 Å². The van der Waals surface area contributed by atoms with E-state index in [1.54, 1.807) is 0 Å². The molecule has 0 spiro atoms. The van der Waals surface area contributed by atoms with Crippen LogP contribution < -0.4 is 22.7 Å². The molecule has 2 saturated heterocycles. The Labute approximate surface area is 246 Å². The number of esters is 2. The highest BCUT2D eigenvalue weighted by Crippen LogP contribution is 2.49. The number of H-pyrrole nitrogens is 1. The summed E-state index contributed by atoms with van der Waals surface area (Å²) >= 11 is 0. The second kappa shape index (κ2) is 12.4. The molecule has 238 valence electrons. The summed E-state index contributed by atoms with van der Waals surface area (Å²) in [5.41, 5.74) is 9.82. The van der Waals surface area contributed by atoms with E-state index >= 15 is 0 Å². The molecule has 44 heavy (non-hydrogen) atoms. The number of carbonyl (C=O) groups excluding carboxylic acids is 2. The molecule has 0 bridgehead atoms. The summed E-state index contributed by atoms with van der Waals surface area (Å²) in [5, 5.41) is 0. The quantitative estimate of drug-likeness (QED) is 0.145. The topological polar surface area (TPSA) is 290 Å². The molecule has 5 rings (SSSR count). The highest BCUT2D eigenvalue weighted by molar-refractivity contribution is 7.47. The predicted molar refractivity (Wildman–Crippen MR) is 143 cm³/mol. The molecule has 0 aromatic carbocycles. The van der Waals surface area contributed by atoms with Gasteiger partial charge in [0.25, 0.3) is 5.56 Å². The molecule has 2 fully saturated rings. The van der Waals surface area contributed by atoms with Gasteiger partial charge >= 0.3 is 25.5 Å². The first-order valence-electron chi connectivity index (χ1n) is 13.0. The van der Waals surface area contributed by atoms with Crippen LogP contribution >= 0.6 is 7.82 Å². The molecular formula is C22H28N9O12P. The van der Waals surface area contributed by atoms with Crippen LogP contribution in [0.1, 0.15) is 39.1 Å². The lowest BCUT2D eigenvalue weighted by molar-refractivity contribution is -0.150. The number of aromatic nitrogens is 7. The standard InChI is InChI=1S/C22H28N9O12P/c1-9(32)38-5-13-12(4-16(41-13)31-8-26-20(23)29-22(31)35)43-44(36,37)39-6-14-11(40-10(2)33)3-15(42-14)30-7-25-17-18(30)27-21(24)28-19(17)34/h7-8,11-16H,3-6H2,1-2H3,(H,36,37)(H2,23,29,35)(H3,24,27,28,34)/t11?,12?,13-,14-,15-,16-/m1/s1. The Morgan fingerprint density at radius 2 is 1.68 bits per heavy atom. The van der Waals surface area contributed by atoms with E-state index in [4.69, 9.17) is 39.5 Å². The zero-order valence-corrected chi connectivity index (χ0v) is 24.1. The van der Waals surface area contributed by atoms with Gasteiger partial charge in [-0.3, -0.25) is 37.5 Å². The number of ether oxygens (including phenoxy) is 4. The fourth-order valence-electron chi connectivity index (χ4n) is 4.77. The molecule has 7 atom stereocenters. The minimum atomic E-state index is -4.88. The third-order valence-corrected chi connectivity index (χ3v) is 7.63. The molecule has 22 heteroatoms. The van der Waals surface area contributed by atoms with Crippen LogP contribution in [-0.2, 0) is 42.1 Å². The van der Waals surface area contributed by atoms with Crippen LogP contribution in [0.25, 0.3) is 11.2 Å². The number of nitrogens with two attached hydrogens (primary N) is 2. The lowest BCUT2D eigenvalue weighted by Gasteiger charge is -2.23. The zero-order chi connectivity index (χ0) is 31.8.